The molecule has 0 heterocycles. The minimum absolute atomic E-state index is 0.183. The number of hydrogen-bond donors (Lipinski definition) is 0. The Kier molecular flexibility index (Phi) is 2.82. The summed E-state index contributed by atoms with van der Waals surface area (Å²) in [7, 11) is 0. The number of nitrogens with zero attached hydrogens (tertiary/aromatic N) is 3. The van der Waals surface area contributed by atoms with Crippen LogP contribution < -0.4 is 0 Å². The Bertz CT molecular complexity index is 370. The molecular weight excluding hydrogens is 176 g/mol. The predicted molar refractivity (Wildman–Crippen MR) is 43.9 cm³/mol. The standard InChI is InChI=1S/C8H7F2N3/c1-5-2-3-7(9)6(8(5)10)4-12-13-11/h2-3H,4H2,1H3. The molecule has 1 aromatic rings. The second kappa shape index (κ2) is 3.87. The van der Waals surface area contributed by atoms with Gasteiger partial charge in [-0.2, -0.15) is 0 Å². The molecule has 5 heteroatoms. The zero-order valence-corrected chi connectivity index (χ0v) is 6.96. The molecule has 0 radical (unpaired) electrons. The third kappa shape index (κ3) is 1.95. The molecule has 3 nitrogen and oxygen atoms in total. The van der Waals surface area contributed by atoms with Gasteiger partial charge in [-0.15, -0.1) is 0 Å². The Hall–Kier alpha value is -1.61. The van der Waals surface area contributed by atoms with E-state index in [1.807, 2.05) is 0 Å². The molecule has 0 aromatic heterocycles. The lowest BCUT2D eigenvalue weighted by Gasteiger charge is -2.03. The molecule has 0 saturated heterocycles. The molecular formula is C8H7F2N3. The van der Waals surface area contributed by atoms with E-state index in [1.54, 1.807) is 0 Å². The van der Waals surface area contributed by atoms with Crippen LogP contribution in [-0.4, -0.2) is 0 Å². The van der Waals surface area contributed by atoms with Gasteiger partial charge in [-0.3, -0.25) is 0 Å². The van der Waals surface area contributed by atoms with Crippen LogP contribution in [0.4, 0.5) is 8.78 Å². The van der Waals surface area contributed by atoms with E-state index in [2.05, 4.69) is 10.0 Å². The molecule has 0 N–H and O–H groups in total. The molecule has 13 heavy (non-hydrogen) atoms. The van der Waals surface area contributed by atoms with E-state index in [9.17, 15) is 8.78 Å². The molecule has 1 aromatic carbocycles. The average Bonchev–Trinajstić information content (AvgIpc) is 2.12. The highest BCUT2D eigenvalue weighted by atomic mass is 19.1. The molecule has 0 aliphatic carbocycles. The second-order valence-electron chi connectivity index (χ2n) is 2.55. The molecule has 0 saturated carbocycles. The minimum atomic E-state index is -0.685. The van der Waals surface area contributed by atoms with E-state index in [1.165, 1.54) is 13.0 Å². The van der Waals surface area contributed by atoms with Crippen molar-refractivity contribution in [3.8, 4) is 0 Å². The van der Waals surface area contributed by atoms with Crippen molar-refractivity contribution in [2.45, 2.75) is 13.5 Å². The SMILES string of the molecule is Cc1ccc(F)c(CN=[N+]=[N-])c1F. The lowest BCUT2D eigenvalue weighted by molar-refractivity contribution is 0.551. The van der Waals surface area contributed by atoms with Gasteiger partial charge < -0.3 is 0 Å². The maximum atomic E-state index is 13.2. The van der Waals surface area contributed by atoms with Crippen molar-refractivity contribution in [2.75, 3.05) is 0 Å². The van der Waals surface area contributed by atoms with Gasteiger partial charge in [0.25, 0.3) is 0 Å². The molecule has 0 atom stereocenters. The summed E-state index contributed by atoms with van der Waals surface area (Å²) in [5, 5.41) is 3.11. The largest absolute Gasteiger partial charge is 0.207 e. The van der Waals surface area contributed by atoms with Gasteiger partial charge in [0.1, 0.15) is 11.6 Å². The van der Waals surface area contributed by atoms with Gasteiger partial charge in [-0.25, -0.2) is 8.78 Å². The smallest absolute Gasteiger partial charge is 0.132 e. The second-order valence-corrected chi connectivity index (χ2v) is 2.55. The highest BCUT2D eigenvalue weighted by molar-refractivity contribution is 5.26. The maximum absolute atomic E-state index is 13.2. The third-order valence-corrected chi connectivity index (χ3v) is 1.67. The Balaban J connectivity index is 3.16. The number of benzene rings is 1. The van der Waals surface area contributed by atoms with E-state index in [-0.39, 0.29) is 12.1 Å². The van der Waals surface area contributed by atoms with Crippen molar-refractivity contribution in [1.82, 2.24) is 0 Å². The normalized spacial score (nSPS) is 9.46. The highest BCUT2D eigenvalue weighted by Crippen LogP contribution is 2.16. The first-order valence-corrected chi connectivity index (χ1v) is 3.61. The average molecular weight is 183 g/mol. The van der Waals surface area contributed by atoms with Gasteiger partial charge in [0.2, 0.25) is 0 Å². The van der Waals surface area contributed by atoms with Crippen LogP contribution in [0.15, 0.2) is 17.2 Å². The summed E-state index contributed by atoms with van der Waals surface area (Å²) in [6.07, 6.45) is 0. The highest BCUT2D eigenvalue weighted by Gasteiger charge is 2.09. The van der Waals surface area contributed by atoms with Crippen molar-refractivity contribution in [3.63, 3.8) is 0 Å². The van der Waals surface area contributed by atoms with Gasteiger partial charge in [0.15, 0.2) is 0 Å². The van der Waals surface area contributed by atoms with Crippen molar-refractivity contribution < 1.29 is 8.78 Å². The summed E-state index contributed by atoms with van der Waals surface area (Å²) in [4.78, 5) is 2.43. The van der Waals surface area contributed by atoms with Crippen LogP contribution in [0.25, 0.3) is 10.4 Å². The molecule has 0 amide bonds. The first-order chi connectivity index (χ1) is 6.16. The first kappa shape index (κ1) is 9.48. The van der Waals surface area contributed by atoms with Crippen LogP contribution in [-0.2, 0) is 6.54 Å². The predicted octanol–water partition coefficient (Wildman–Crippen LogP) is 3.08. The van der Waals surface area contributed by atoms with Crippen LogP contribution >= 0.6 is 0 Å². The fourth-order valence-electron chi connectivity index (χ4n) is 0.962. The first-order valence-electron chi connectivity index (χ1n) is 3.61. The molecule has 0 bridgehead atoms. The summed E-state index contributed by atoms with van der Waals surface area (Å²) in [6, 6.07) is 2.49. The quantitative estimate of drug-likeness (QED) is 0.384. The monoisotopic (exact) mass is 183 g/mol. The molecule has 0 fully saturated rings. The molecule has 1 rings (SSSR count). The summed E-state index contributed by atoms with van der Waals surface area (Å²) >= 11 is 0. The van der Waals surface area contributed by atoms with Crippen molar-refractivity contribution in [1.29, 1.82) is 0 Å². The van der Waals surface area contributed by atoms with E-state index < -0.39 is 11.6 Å². The fraction of sp³-hybridized carbons (Fsp3) is 0.250. The summed E-state index contributed by atoms with van der Waals surface area (Å²) in [5.41, 5.74) is 8.15. The van der Waals surface area contributed by atoms with Crippen molar-refractivity contribution in [3.05, 3.63) is 45.3 Å². The number of azide groups is 1. The van der Waals surface area contributed by atoms with Gasteiger partial charge in [0, 0.05) is 10.5 Å². The van der Waals surface area contributed by atoms with Crippen LogP contribution in [0.3, 0.4) is 0 Å². The van der Waals surface area contributed by atoms with Crippen molar-refractivity contribution in [2.24, 2.45) is 5.11 Å². The molecule has 0 spiro atoms. The molecule has 0 aliphatic heterocycles. The number of rotatable bonds is 2. The Morgan fingerprint density at radius 1 is 1.46 bits per heavy atom. The Morgan fingerprint density at radius 2 is 2.15 bits per heavy atom. The van der Waals surface area contributed by atoms with Crippen LogP contribution in [0.1, 0.15) is 11.1 Å². The lowest BCUT2D eigenvalue weighted by atomic mass is 10.1. The van der Waals surface area contributed by atoms with Gasteiger partial charge in [0.05, 0.1) is 6.54 Å². The topological polar surface area (TPSA) is 48.8 Å². The minimum Gasteiger partial charge on any atom is -0.207 e. The molecule has 0 aliphatic rings. The third-order valence-electron chi connectivity index (χ3n) is 1.67. The summed E-state index contributed by atoms with van der Waals surface area (Å²) < 4.78 is 26.1. The zero-order valence-electron chi connectivity index (χ0n) is 6.96. The molecule has 68 valence electrons. The van der Waals surface area contributed by atoms with E-state index >= 15 is 0 Å². The summed E-state index contributed by atoms with van der Waals surface area (Å²) in [5.74, 6) is -1.33. The number of halogens is 2. The van der Waals surface area contributed by atoms with E-state index in [4.69, 9.17) is 5.53 Å². The van der Waals surface area contributed by atoms with Gasteiger partial charge in [-0.1, -0.05) is 11.2 Å². The lowest BCUT2D eigenvalue weighted by Crippen LogP contribution is -1.96. The number of aryl methyl sites for hydroxylation is 1. The maximum Gasteiger partial charge on any atom is 0.132 e. The summed E-state index contributed by atoms with van der Waals surface area (Å²) in [6.45, 7) is 1.23. The van der Waals surface area contributed by atoms with Crippen LogP contribution in [0, 0.1) is 18.6 Å². The van der Waals surface area contributed by atoms with Crippen LogP contribution in [0.5, 0.6) is 0 Å². The van der Waals surface area contributed by atoms with E-state index in [0.717, 1.165) is 6.07 Å². The Labute approximate surface area is 73.6 Å². The fourth-order valence-corrected chi connectivity index (χ4v) is 0.962. The van der Waals surface area contributed by atoms with Crippen LogP contribution in [0.2, 0.25) is 0 Å². The molecule has 0 unspecified atom stereocenters. The van der Waals surface area contributed by atoms with E-state index in [0.29, 0.717) is 5.56 Å². The zero-order chi connectivity index (χ0) is 9.84. The van der Waals surface area contributed by atoms with Gasteiger partial charge in [-0.05, 0) is 24.1 Å². The van der Waals surface area contributed by atoms with Crippen molar-refractivity contribution >= 4 is 0 Å². The Morgan fingerprint density at radius 3 is 2.77 bits per heavy atom. The number of hydrogen-bond acceptors (Lipinski definition) is 1. The van der Waals surface area contributed by atoms with Gasteiger partial charge >= 0.3 is 0 Å².